The molecule has 0 aromatic carbocycles. The van der Waals surface area contributed by atoms with Gasteiger partial charge in [0, 0.05) is 0 Å². The Balaban J connectivity index is 1.83. The molecule has 1 aromatic heterocycles. The highest BCUT2D eigenvalue weighted by molar-refractivity contribution is 6.29. The van der Waals surface area contributed by atoms with Crippen LogP contribution in [0.2, 0.25) is 5.28 Å². The first-order valence-corrected chi connectivity index (χ1v) is 7.83. The molecule has 0 amide bonds. The van der Waals surface area contributed by atoms with E-state index in [1.165, 1.54) is 11.0 Å². The molecule has 2 saturated carbocycles. The Morgan fingerprint density at radius 2 is 2.32 bits per heavy atom. The van der Waals surface area contributed by atoms with Crippen LogP contribution in [0.5, 0.6) is 0 Å². The molecule has 0 aliphatic heterocycles. The zero-order chi connectivity index (χ0) is 15.7. The summed E-state index contributed by atoms with van der Waals surface area (Å²) < 4.78 is 7.07. The maximum atomic E-state index is 12.5. The van der Waals surface area contributed by atoms with E-state index >= 15 is 0 Å². The minimum absolute atomic E-state index is 0.0102. The third-order valence-corrected chi connectivity index (χ3v) is 4.89. The third kappa shape index (κ3) is 2.64. The number of hydrogen-bond acceptors (Lipinski definition) is 4. The summed E-state index contributed by atoms with van der Waals surface area (Å²) in [5.41, 5.74) is 0.113. The number of fused-ring (bicyclic) bond motifs is 2. The molecule has 22 heavy (non-hydrogen) atoms. The van der Waals surface area contributed by atoms with Gasteiger partial charge in [-0.1, -0.05) is 5.92 Å². The van der Waals surface area contributed by atoms with E-state index in [-0.39, 0.29) is 29.3 Å². The lowest BCUT2D eigenvalue weighted by Crippen LogP contribution is -2.26. The monoisotopic (exact) mass is 320 g/mol. The summed E-state index contributed by atoms with van der Waals surface area (Å²) >= 11 is 6.01. The molecular formula is C16H17ClN2O3. The zero-order valence-corrected chi connectivity index (χ0v) is 13.1. The van der Waals surface area contributed by atoms with Crippen molar-refractivity contribution in [3.05, 3.63) is 16.7 Å². The van der Waals surface area contributed by atoms with E-state index in [9.17, 15) is 9.59 Å². The van der Waals surface area contributed by atoms with E-state index in [0.29, 0.717) is 18.1 Å². The van der Waals surface area contributed by atoms with Crippen LogP contribution in [0.15, 0.2) is 0 Å². The minimum Gasteiger partial charge on any atom is -0.457 e. The Kier molecular flexibility index (Phi) is 4.21. The van der Waals surface area contributed by atoms with E-state index in [4.69, 9.17) is 16.3 Å². The van der Waals surface area contributed by atoms with Gasteiger partial charge in [0.1, 0.15) is 11.8 Å². The lowest BCUT2D eigenvalue weighted by molar-refractivity contribution is 0.0146. The number of halogens is 1. The summed E-state index contributed by atoms with van der Waals surface area (Å²) in [5.74, 6) is 6.16. The van der Waals surface area contributed by atoms with Crippen LogP contribution in [0.1, 0.15) is 53.6 Å². The summed E-state index contributed by atoms with van der Waals surface area (Å²) in [7, 11) is 0. The molecule has 116 valence electrons. The first kappa shape index (κ1) is 15.1. The van der Waals surface area contributed by atoms with Crippen molar-refractivity contribution in [3.63, 3.8) is 0 Å². The molecule has 6 heteroatoms. The molecule has 3 unspecified atom stereocenters. The van der Waals surface area contributed by atoms with Crippen molar-refractivity contribution in [2.24, 2.45) is 11.8 Å². The first-order valence-electron chi connectivity index (χ1n) is 7.45. The maximum absolute atomic E-state index is 12.5. The normalized spacial score (nSPS) is 25.6. The van der Waals surface area contributed by atoms with Gasteiger partial charge in [-0.2, -0.15) is 0 Å². The van der Waals surface area contributed by atoms with Gasteiger partial charge in [0.15, 0.2) is 12.0 Å². The lowest BCUT2D eigenvalue weighted by atomic mass is 9.98. The summed E-state index contributed by atoms with van der Waals surface area (Å²) in [4.78, 5) is 27.6. The van der Waals surface area contributed by atoms with Crippen LogP contribution in [-0.4, -0.2) is 27.9 Å². The van der Waals surface area contributed by atoms with Crippen LogP contribution < -0.4 is 0 Å². The van der Waals surface area contributed by atoms with E-state index in [0.717, 1.165) is 19.3 Å². The van der Waals surface area contributed by atoms with Crippen LogP contribution in [0.4, 0.5) is 0 Å². The molecule has 3 rings (SSSR count). The van der Waals surface area contributed by atoms with Gasteiger partial charge >= 0.3 is 5.97 Å². The van der Waals surface area contributed by atoms with Gasteiger partial charge in [0.25, 0.3) is 0 Å². The van der Waals surface area contributed by atoms with Crippen LogP contribution >= 0.6 is 11.6 Å². The number of ether oxygens (including phenoxy) is 1. The van der Waals surface area contributed by atoms with Crippen molar-refractivity contribution >= 4 is 23.9 Å². The van der Waals surface area contributed by atoms with Crippen LogP contribution in [-0.2, 0) is 11.3 Å². The molecule has 2 fully saturated rings. The van der Waals surface area contributed by atoms with Crippen LogP contribution in [0.25, 0.3) is 0 Å². The van der Waals surface area contributed by atoms with Gasteiger partial charge in [-0.3, -0.25) is 9.36 Å². The van der Waals surface area contributed by atoms with Gasteiger partial charge < -0.3 is 4.74 Å². The number of aldehydes is 1. The third-order valence-electron chi connectivity index (χ3n) is 4.60. The van der Waals surface area contributed by atoms with Gasteiger partial charge in [-0.25, -0.2) is 9.78 Å². The molecule has 1 aromatic rings. The summed E-state index contributed by atoms with van der Waals surface area (Å²) in [6.45, 7) is 1.90. The van der Waals surface area contributed by atoms with E-state index in [1.54, 1.807) is 6.92 Å². The summed E-state index contributed by atoms with van der Waals surface area (Å²) in [5, 5.41) is 0.0738. The summed E-state index contributed by atoms with van der Waals surface area (Å²) in [6, 6.07) is 0. The summed E-state index contributed by atoms with van der Waals surface area (Å²) in [6.07, 6.45) is 4.88. The maximum Gasteiger partial charge on any atom is 0.357 e. The predicted molar refractivity (Wildman–Crippen MR) is 80.7 cm³/mol. The Morgan fingerprint density at radius 1 is 1.50 bits per heavy atom. The molecule has 0 N–H and O–H groups in total. The molecule has 0 spiro atoms. The Labute approximate surface area is 134 Å². The topological polar surface area (TPSA) is 61.2 Å². The van der Waals surface area contributed by atoms with Crippen molar-refractivity contribution < 1.29 is 14.3 Å². The highest BCUT2D eigenvalue weighted by Crippen LogP contribution is 2.46. The predicted octanol–water partition coefficient (Wildman–Crippen LogP) is 2.72. The molecule has 0 radical (unpaired) electrons. The lowest BCUT2D eigenvalue weighted by Gasteiger charge is -2.22. The highest BCUT2D eigenvalue weighted by Gasteiger charge is 2.42. The molecule has 3 atom stereocenters. The van der Waals surface area contributed by atoms with Gasteiger partial charge in [0.05, 0.1) is 6.54 Å². The van der Waals surface area contributed by atoms with Crippen LogP contribution in [0, 0.1) is 23.7 Å². The average Bonchev–Trinajstić information content (AvgIpc) is 3.18. The Hall–Kier alpha value is -1.80. The number of nitrogens with zero attached hydrogens (tertiary/aromatic N) is 2. The molecule has 0 saturated heterocycles. The van der Waals surface area contributed by atoms with Crippen molar-refractivity contribution in [2.45, 2.75) is 45.3 Å². The largest absolute Gasteiger partial charge is 0.457 e. The standard InChI is InChI=1S/C16H17ClN2O3/c1-2-3-6-19-14(12(9-20)18-16(19)17)15(21)22-13-8-10-4-5-11(13)7-10/h9-11,13H,4-8H2,1H3. The molecule has 2 aliphatic rings. The van der Waals surface area contributed by atoms with E-state index < -0.39 is 5.97 Å². The molecule has 1 heterocycles. The number of esters is 1. The highest BCUT2D eigenvalue weighted by atomic mass is 35.5. The zero-order valence-electron chi connectivity index (χ0n) is 12.3. The number of imidazole rings is 1. The fourth-order valence-electron chi connectivity index (χ4n) is 3.57. The second kappa shape index (κ2) is 6.13. The average molecular weight is 321 g/mol. The quantitative estimate of drug-likeness (QED) is 0.486. The van der Waals surface area contributed by atoms with Crippen molar-refractivity contribution in [3.8, 4) is 11.8 Å². The number of hydrogen-bond donors (Lipinski definition) is 0. The van der Waals surface area contributed by atoms with Gasteiger partial charge in [-0.15, -0.1) is 5.92 Å². The molecule has 2 aliphatic carbocycles. The van der Waals surface area contributed by atoms with Gasteiger partial charge in [-0.05, 0) is 56.0 Å². The van der Waals surface area contributed by atoms with Crippen molar-refractivity contribution in [1.82, 2.24) is 9.55 Å². The number of carbonyl (C=O) groups is 2. The smallest absolute Gasteiger partial charge is 0.357 e. The number of carbonyl (C=O) groups excluding carboxylic acids is 2. The molecule has 2 bridgehead atoms. The Morgan fingerprint density at radius 3 is 2.91 bits per heavy atom. The fourth-order valence-corrected chi connectivity index (χ4v) is 3.80. The van der Waals surface area contributed by atoms with Crippen LogP contribution in [0.3, 0.4) is 0 Å². The van der Waals surface area contributed by atoms with E-state index in [1.807, 2.05) is 0 Å². The minimum atomic E-state index is -0.531. The second-order valence-electron chi connectivity index (χ2n) is 5.86. The molecular weight excluding hydrogens is 304 g/mol. The first-order chi connectivity index (χ1) is 10.6. The van der Waals surface area contributed by atoms with Crippen molar-refractivity contribution in [1.29, 1.82) is 0 Å². The number of aromatic nitrogens is 2. The fraction of sp³-hybridized carbons (Fsp3) is 0.562. The second-order valence-corrected chi connectivity index (χ2v) is 6.20. The Bertz CT molecular complexity index is 671. The van der Waals surface area contributed by atoms with Crippen molar-refractivity contribution in [2.75, 3.05) is 0 Å². The number of rotatable bonds is 4. The van der Waals surface area contributed by atoms with E-state index in [2.05, 4.69) is 16.8 Å². The SMILES string of the molecule is CC#CCn1c(Cl)nc(C=O)c1C(=O)OC1CC2CCC1C2. The van der Waals surface area contributed by atoms with Gasteiger partial charge in [0.2, 0.25) is 5.28 Å². The molecule has 5 nitrogen and oxygen atoms in total.